The maximum Gasteiger partial charge on any atom is 0.224 e. The summed E-state index contributed by atoms with van der Waals surface area (Å²) in [7, 11) is -0.328. The molecule has 7 heteroatoms. The Morgan fingerprint density at radius 1 is 1.39 bits per heavy atom. The van der Waals surface area contributed by atoms with E-state index in [4.69, 9.17) is 4.74 Å². The van der Waals surface area contributed by atoms with Gasteiger partial charge in [-0.1, -0.05) is 0 Å². The Labute approximate surface area is 108 Å². The summed E-state index contributed by atoms with van der Waals surface area (Å²) < 4.78 is 29.8. The molecule has 0 radical (unpaired) electrons. The van der Waals surface area contributed by atoms with Crippen molar-refractivity contribution in [2.75, 3.05) is 39.6 Å². The third kappa shape index (κ3) is 2.67. The maximum absolute atomic E-state index is 12.1. The quantitative estimate of drug-likeness (QED) is 0.704. The fourth-order valence-electron chi connectivity index (χ4n) is 2.21. The topological polar surface area (TPSA) is 66.9 Å². The summed E-state index contributed by atoms with van der Waals surface area (Å²) in [5.41, 5.74) is -0.114. The van der Waals surface area contributed by atoms with Crippen LogP contribution in [-0.2, 0) is 19.6 Å². The van der Waals surface area contributed by atoms with Crippen LogP contribution < -0.4 is 0 Å². The van der Waals surface area contributed by atoms with Crippen molar-refractivity contribution in [1.82, 2.24) is 9.21 Å². The van der Waals surface area contributed by atoms with E-state index in [0.29, 0.717) is 19.8 Å². The Bertz CT molecular complexity index is 428. The number of ether oxygens (including phenoxy) is 1. The van der Waals surface area contributed by atoms with E-state index in [9.17, 15) is 13.2 Å². The monoisotopic (exact) mass is 276 g/mol. The Hall–Kier alpha value is -0.660. The highest BCUT2D eigenvalue weighted by molar-refractivity contribution is 7.89. The van der Waals surface area contributed by atoms with Crippen LogP contribution in [0.15, 0.2) is 0 Å². The van der Waals surface area contributed by atoms with E-state index in [1.165, 1.54) is 14.1 Å². The summed E-state index contributed by atoms with van der Waals surface area (Å²) in [5, 5.41) is 0. The van der Waals surface area contributed by atoms with Crippen molar-refractivity contribution >= 4 is 15.9 Å². The van der Waals surface area contributed by atoms with Gasteiger partial charge >= 0.3 is 0 Å². The predicted molar refractivity (Wildman–Crippen MR) is 66.6 cm³/mol. The maximum atomic E-state index is 12.1. The molecule has 0 aromatic carbocycles. The molecule has 18 heavy (non-hydrogen) atoms. The third-order valence-corrected chi connectivity index (χ3v) is 5.49. The number of carbonyl (C=O) groups is 1. The van der Waals surface area contributed by atoms with Gasteiger partial charge in [-0.3, -0.25) is 4.79 Å². The van der Waals surface area contributed by atoms with Crippen LogP contribution >= 0.6 is 0 Å². The van der Waals surface area contributed by atoms with Crippen LogP contribution in [-0.4, -0.2) is 68.7 Å². The fourth-order valence-corrected chi connectivity index (χ4v) is 3.01. The van der Waals surface area contributed by atoms with E-state index in [-0.39, 0.29) is 23.6 Å². The van der Waals surface area contributed by atoms with Crippen LogP contribution in [0.5, 0.6) is 0 Å². The first-order valence-corrected chi connectivity index (χ1v) is 7.77. The molecule has 1 aliphatic carbocycles. The molecule has 0 atom stereocenters. The van der Waals surface area contributed by atoms with E-state index in [0.717, 1.165) is 17.1 Å². The van der Waals surface area contributed by atoms with Crippen molar-refractivity contribution in [2.24, 2.45) is 0 Å². The van der Waals surface area contributed by atoms with Crippen LogP contribution in [0.3, 0.4) is 0 Å². The second-order valence-corrected chi connectivity index (χ2v) is 7.47. The molecule has 1 heterocycles. The highest BCUT2D eigenvalue weighted by Crippen LogP contribution is 2.43. The number of morpholine rings is 1. The molecule has 2 fully saturated rings. The van der Waals surface area contributed by atoms with Crippen molar-refractivity contribution < 1.29 is 17.9 Å². The number of amides is 1. The number of rotatable bonds is 4. The SMILES string of the molecule is CN(C)S(=O)(=O)CCC(=O)N1CCOCC12CC2. The molecule has 1 saturated carbocycles. The van der Waals surface area contributed by atoms with Gasteiger partial charge in [0.2, 0.25) is 15.9 Å². The first kappa shape index (κ1) is 13.8. The molecule has 0 aromatic heterocycles. The minimum absolute atomic E-state index is 0.0578. The van der Waals surface area contributed by atoms with Gasteiger partial charge in [0.15, 0.2) is 0 Å². The third-order valence-electron chi connectivity index (χ3n) is 3.66. The highest BCUT2D eigenvalue weighted by Gasteiger charge is 2.51. The van der Waals surface area contributed by atoms with Gasteiger partial charge in [-0.05, 0) is 12.8 Å². The zero-order valence-corrected chi connectivity index (χ0v) is 11.7. The van der Waals surface area contributed by atoms with Crippen molar-refractivity contribution in [1.29, 1.82) is 0 Å². The number of hydrogen-bond acceptors (Lipinski definition) is 4. The summed E-state index contributed by atoms with van der Waals surface area (Å²) in [6.07, 6.45) is 2.00. The van der Waals surface area contributed by atoms with Gasteiger partial charge in [-0.15, -0.1) is 0 Å². The molecule has 1 spiro atoms. The number of sulfonamides is 1. The van der Waals surface area contributed by atoms with E-state index < -0.39 is 10.0 Å². The predicted octanol–water partition coefficient (Wildman–Crippen LogP) is -0.341. The highest BCUT2D eigenvalue weighted by atomic mass is 32.2. The number of nitrogens with zero attached hydrogens (tertiary/aromatic N) is 2. The Kier molecular flexibility index (Phi) is 3.66. The van der Waals surface area contributed by atoms with Crippen LogP contribution in [0.1, 0.15) is 19.3 Å². The Morgan fingerprint density at radius 3 is 2.61 bits per heavy atom. The smallest absolute Gasteiger partial charge is 0.224 e. The van der Waals surface area contributed by atoms with Gasteiger partial charge in [0.25, 0.3) is 0 Å². The molecule has 1 saturated heterocycles. The van der Waals surface area contributed by atoms with E-state index >= 15 is 0 Å². The summed E-state index contributed by atoms with van der Waals surface area (Å²) in [6, 6.07) is 0. The molecule has 2 rings (SSSR count). The van der Waals surface area contributed by atoms with E-state index in [2.05, 4.69) is 0 Å². The number of carbonyl (C=O) groups excluding carboxylic acids is 1. The molecule has 6 nitrogen and oxygen atoms in total. The molecular formula is C11H20N2O4S. The first-order chi connectivity index (χ1) is 8.37. The first-order valence-electron chi connectivity index (χ1n) is 6.16. The molecule has 0 unspecified atom stereocenters. The van der Waals surface area contributed by atoms with Gasteiger partial charge in [0.05, 0.1) is 24.5 Å². The van der Waals surface area contributed by atoms with Gasteiger partial charge in [0, 0.05) is 27.1 Å². The van der Waals surface area contributed by atoms with Gasteiger partial charge in [0.1, 0.15) is 0 Å². The summed E-state index contributed by atoms with van der Waals surface area (Å²) in [5.74, 6) is -0.187. The number of hydrogen-bond donors (Lipinski definition) is 0. The summed E-state index contributed by atoms with van der Waals surface area (Å²) >= 11 is 0. The lowest BCUT2D eigenvalue weighted by atomic mass is 10.2. The summed E-state index contributed by atoms with van der Waals surface area (Å²) in [4.78, 5) is 13.9. The van der Waals surface area contributed by atoms with Crippen LogP contribution in [0.25, 0.3) is 0 Å². The second kappa shape index (κ2) is 4.79. The van der Waals surface area contributed by atoms with Gasteiger partial charge in [-0.25, -0.2) is 12.7 Å². The van der Waals surface area contributed by atoms with Crippen molar-refractivity contribution in [3.8, 4) is 0 Å². The molecule has 0 bridgehead atoms. The zero-order valence-electron chi connectivity index (χ0n) is 10.9. The Morgan fingerprint density at radius 2 is 2.06 bits per heavy atom. The summed E-state index contributed by atoms with van der Waals surface area (Å²) in [6.45, 7) is 1.73. The average Bonchev–Trinajstić information content (AvgIpc) is 3.07. The largest absolute Gasteiger partial charge is 0.377 e. The second-order valence-electron chi connectivity index (χ2n) is 5.17. The van der Waals surface area contributed by atoms with Gasteiger partial charge in [-0.2, -0.15) is 0 Å². The minimum Gasteiger partial charge on any atom is -0.377 e. The fraction of sp³-hybridized carbons (Fsp3) is 0.909. The molecule has 0 N–H and O–H groups in total. The standard InChI is InChI=1S/C11H20N2O4S/c1-12(2)18(15,16)8-3-10(14)13-6-7-17-9-11(13)4-5-11/h3-9H2,1-2H3. The molecule has 104 valence electrons. The molecule has 2 aliphatic rings. The van der Waals surface area contributed by atoms with Crippen LogP contribution in [0.2, 0.25) is 0 Å². The molecule has 1 aliphatic heterocycles. The van der Waals surface area contributed by atoms with Crippen molar-refractivity contribution in [3.05, 3.63) is 0 Å². The van der Waals surface area contributed by atoms with Crippen molar-refractivity contribution in [2.45, 2.75) is 24.8 Å². The van der Waals surface area contributed by atoms with Crippen LogP contribution in [0.4, 0.5) is 0 Å². The Balaban J connectivity index is 1.92. The zero-order chi connectivity index (χ0) is 13.4. The lowest BCUT2D eigenvalue weighted by Crippen LogP contribution is -2.51. The molecule has 1 amide bonds. The lowest BCUT2D eigenvalue weighted by molar-refractivity contribution is -0.141. The molecule has 0 aromatic rings. The van der Waals surface area contributed by atoms with E-state index in [1.54, 1.807) is 0 Å². The van der Waals surface area contributed by atoms with Crippen LogP contribution in [0, 0.1) is 0 Å². The van der Waals surface area contributed by atoms with Gasteiger partial charge < -0.3 is 9.64 Å². The minimum atomic E-state index is -3.29. The van der Waals surface area contributed by atoms with E-state index in [1.807, 2.05) is 4.90 Å². The molecular weight excluding hydrogens is 256 g/mol. The van der Waals surface area contributed by atoms with Crippen molar-refractivity contribution in [3.63, 3.8) is 0 Å². The normalized spacial score (nSPS) is 22.5. The average molecular weight is 276 g/mol. The lowest BCUT2D eigenvalue weighted by Gasteiger charge is -2.36.